The third kappa shape index (κ3) is 2.00. The Morgan fingerprint density at radius 3 is 2.60 bits per heavy atom. The van der Waals surface area contributed by atoms with Crippen molar-refractivity contribution in [2.24, 2.45) is 0 Å². The van der Waals surface area contributed by atoms with Gasteiger partial charge in [0.2, 0.25) is 0 Å². The van der Waals surface area contributed by atoms with Gasteiger partial charge in [0.1, 0.15) is 0 Å². The zero-order chi connectivity index (χ0) is 10.7. The van der Waals surface area contributed by atoms with Crippen LogP contribution in [0.15, 0.2) is 36.7 Å². The van der Waals surface area contributed by atoms with E-state index in [0.717, 1.165) is 11.3 Å². The van der Waals surface area contributed by atoms with Gasteiger partial charge in [-0.05, 0) is 24.3 Å². The average molecular weight is 218 g/mol. The summed E-state index contributed by atoms with van der Waals surface area (Å²) in [6.45, 7) is 0. The van der Waals surface area contributed by atoms with Crippen LogP contribution in [0.25, 0.3) is 5.69 Å². The number of rotatable bonds is 2. The molecule has 1 heterocycles. The van der Waals surface area contributed by atoms with Gasteiger partial charge in [-0.3, -0.25) is 0 Å². The summed E-state index contributed by atoms with van der Waals surface area (Å²) in [7, 11) is 0. The van der Waals surface area contributed by atoms with Crippen LogP contribution in [0.2, 0.25) is 0 Å². The van der Waals surface area contributed by atoms with Crippen molar-refractivity contribution in [2.75, 3.05) is 0 Å². The first-order valence-electron chi connectivity index (χ1n) is 4.43. The normalized spacial score (nSPS) is 9.87. The van der Waals surface area contributed by atoms with E-state index >= 15 is 0 Å². The van der Waals surface area contributed by atoms with E-state index in [1.807, 2.05) is 18.3 Å². The van der Waals surface area contributed by atoms with Crippen molar-refractivity contribution in [3.8, 4) is 11.8 Å². The van der Waals surface area contributed by atoms with Gasteiger partial charge in [0.25, 0.3) is 0 Å². The molecule has 1 aromatic heterocycles. The lowest BCUT2D eigenvalue weighted by Crippen LogP contribution is -1.93. The number of alkyl halides is 1. The summed E-state index contributed by atoms with van der Waals surface area (Å²) in [6, 6.07) is 9.30. The first kappa shape index (κ1) is 9.75. The van der Waals surface area contributed by atoms with E-state index in [4.69, 9.17) is 16.9 Å². The lowest BCUT2D eigenvalue weighted by molar-refractivity contribution is 0.880. The molecule has 0 bridgehead atoms. The van der Waals surface area contributed by atoms with E-state index in [1.54, 1.807) is 23.0 Å². The minimum atomic E-state index is 0.455. The summed E-state index contributed by atoms with van der Waals surface area (Å²) in [5, 5.41) is 12.8. The van der Waals surface area contributed by atoms with Crippen molar-refractivity contribution in [1.82, 2.24) is 9.78 Å². The maximum Gasteiger partial charge on any atom is 0.0991 e. The molecule has 15 heavy (non-hydrogen) atoms. The van der Waals surface area contributed by atoms with Crippen LogP contribution in [0, 0.1) is 11.3 Å². The Balaban J connectivity index is 2.33. The Kier molecular flexibility index (Phi) is 2.70. The molecule has 0 unspecified atom stereocenters. The number of nitrogens with zero attached hydrogens (tertiary/aromatic N) is 3. The molecular weight excluding hydrogens is 210 g/mol. The molecule has 2 aromatic rings. The van der Waals surface area contributed by atoms with Crippen LogP contribution in [0.4, 0.5) is 0 Å². The van der Waals surface area contributed by atoms with Crippen molar-refractivity contribution in [1.29, 1.82) is 5.26 Å². The van der Waals surface area contributed by atoms with Gasteiger partial charge in [-0.1, -0.05) is 0 Å². The van der Waals surface area contributed by atoms with Crippen LogP contribution in [-0.2, 0) is 5.88 Å². The fourth-order valence-corrected chi connectivity index (χ4v) is 1.40. The second kappa shape index (κ2) is 4.16. The number of benzene rings is 1. The Labute approximate surface area is 92.5 Å². The van der Waals surface area contributed by atoms with Gasteiger partial charge < -0.3 is 0 Å². The summed E-state index contributed by atoms with van der Waals surface area (Å²) in [4.78, 5) is 0. The molecule has 0 aliphatic carbocycles. The molecule has 0 N–H and O–H groups in total. The standard InChI is InChI=1S/C11H8ClN3/c12-5-10-7-14-15(8-10)11-3-1-9(6-13)2-4-11/h1-4,7-8H,5H2. The third-order valence-corrected chi connectivity index (χ3v) is 2.36. The SMILES string of the molecule is N#Cc1ccc(-n2cc(CCl)cn2)cc1. The summed E-state index contributed by atoms with van der Waals surface area (Å²) in [5.41, 5.74) is 2.54. The molecule has 0 aliphatic rings. The molecule has 0 amide bonds. The Morgan fingerprint density at radius 2 is 2.07 bits per heavy atom. The predicted octanol–water partition coefficient (Wildman–Crippen LogP) is 2.48. The maximum atomic E-state index is 8.65. The lowest BCUT2D eigenvalue weighted by Gasteiger charge is -1.99. The Morgan fingerprint density at radius 1 is 1.33 bits per heavy atom. The first-order chi connectivity index (χ1) is 7.33. The number of aromatic nitrogens is 2. The third-order valence-electron chi connectivity index (χ3n) is 2.05. The van der Waals surface area contributed by atoms with Gasteiger partial charge in [0.15, 0.2) is 0 Å². The van der Waals surface area contributed by atoms with Crippen LogP contribution >= 0.6 is 11.6 Å². The Bertz CT molecular complexity index is 493. The van der Waals surface area contributed by atoms with Gasteiger partial charge >= 0.3 is 0 Å². The quantitative estimate of drug-likeness (QED) is 0.726. The topological polar surface area (TPSA) is 41.6 Å². The fraction of sp³-hybridized carbons (Fsp3) is 0.0909. The average Bonchev–Trinajstić information content (AvgIpc) is 2.78. The van der Waals surface area contributed by atoms with Crippen LogP contribution in [0.1, 0.15) is 11.1 Å². The molecule has 0 spiro atoms. The van der Waals surface area contributed by atoms with E-state index in [1.165, 1.54) is 0 Å². The molecule has 2 rings (SSSR count). The molecule has 4 heteroatoms. The van der Waals surface area contributed by atoms with Crippen molar-refractivity contribution < 1.29 is 0 Å². The van der Waals surface area contributed by atoms with E-state index in [2.05, 4.69) is 11.2 Å². The molecule has 0 aliphatic heterocycles. The highest BCUT2D eigenvalue weighted by Gasteiger charge is 1.99. The van der Waals surface area contributed by atoms with Gasteiger partial charge in [-0.25, -0.2) is 4.68 Å². The van der Waals surface area contributed by atoms with Crippen molar-refractivity contribution >= 4 is 11.6 Å². The molecule has 74 valence electrons. The molecule has 0 saturated heterocycles. The smallest absolute Gasteiger partial charge is 0.0991 e. The zero-order valence-corrected chi connectivity index (χ0v) is 8.65. The van der Waals surface area contributed by atoms with Crippen LogP contribution in [0.3, 0.4) is 0 Å². The fourth-order valence-electron chi connectivity index (χ4n) is 1.26. The zero-order valence-electron chi connectivity index (χ0n) is 7.89. The summed E-state index contributed by atoms with van der Waals surface area (Å²) >= 11 is 5.68. The predicted molar refractivity (Wildman–Crippen MR) is 57.8 cm³/mol. The molecule has 0 saturated carbocycles. The molecule has 0 radical (unpaired) electrons. The minimum Gasteiger partial charge on any atom is -0.241 e. The number of hydrogen-bond acceptors (Lipinski definition) is 2. The van der Waals surface area contributed by atoms with E-state index < -0.39 is 0 Å². The summed E-state index contributed by atoms with van der Waals surface area (Å²) in [6.07, 6.45) is 3.60. The van der Waals surface area contributed by atoms with E-state index in [-0.39, 0.29) is 0 Å². The molecule has 0 fully saturated rings. The van der Waals surface area contributed by atoms with Crippen molar-refractivity contribution in [3.63, 3.8) is 0 Å². The van der Waals surface area contributed by atoms with Gasteiger partial charge in [0.05, 0.1) is 29.4 Å². The number of hydrogen-bond donors (Lipinski definition) is 0. The number of nitriles is 1. The molecule has 1 aromatic carbocycles. The Hall–Kier alpha value is -1.79. The monoisotopic (exact) mass is 217 g/mol. The van der Waals surface area contributed by atoms with Crippen molar-refractivity contribution in [3.05, 3.63) is 47.8 Å². The minimum absolute atomic E-state index is 0.455. The second-order valence-corrected chi connectivity index (χ2v) is 3.35. The van der Waals surface area contributed by atoms with Crippen LogP contribution in [-0.4, -0.2) is 9.78 Å². The highest BCUT2D eigenvalue weighted by atomic mass is 35.5. The van der Waals surface area contributed by atoms with Gasteiger partial charge in [0, 0.05) is 11.8 Å². The molecule has 0 atom stereocenters. The van der Waals surface area contributed by atoms with Crippen molar-refractivity contribution in [2.45, 2.75) is 5.88 Å². The summed E-state index contributed by atoms with van der Waals surface area (Å²) < 4.78 is 1.73. The first-order valence-corrected chi connectivity index (χ1v) is 4.97. The summed E-state index contributed by atoms with van der Waals surface area (Å²) in [5.74, 6) is 0.455. The second-order valence-electron chi connectivity index (χ2n) is 3.09. The van der Waals surface area contributed by atoms with Gasteiger partial charge in [-0.15, -0.1) is 11.6 Å². The van der Waals surface area contributed by atoms with Crippen LogP contribution < -0.4 is 0 Å². The van der Waals surface area contributed by atoms with E-state index in [0.29, 0.717) is 11.4 Å². The van der Waals surface area contributed by atoms with Crippen LogP contribution in [0.5, 0.6) is 0 Å². The highest BCUT2D eigenvalue weighted by Crippen LogP contribution is 2.10. The largest absolute Gasteiger partial charge is 0.241 e. The molecular formula is C11H8ClN3. The maximum absolute atomic E-state index is 8.65. The van der Waals surface area contributed by atoms with Gasteiger partial charge in [-0.2, -0.15) is 10.4 Å². The highest BCUT2D eigenvalue weighted by molar-refractivity contribution is 6.17. The lowest BCUT2D eigenvalue weighted by atomic mass is 10.2. The molecule has 3 nitrogen and oxygen atoms in total. The van der Waals surface area contributed by atoms with E-state index in [9.17, 15) is 0 Å². The number of halogens is 1.